The van der Waals surface area contributed by atoms with E-state index in [-0.39, 0.29) is 17.4 Å². The monoisotopic (exact) mass is 519 g/mol. The van der Waals surface area contributed by atoms with Crippen LogP contribution in [0.5, 0.6) is 11.5 Å². The van der Waals surface area contributed by atoms with E-state index in [4.69, 9.17) is 21.1 Å². The van der Waals surface area contributed by atoms with Crippen LogP contribution in [0.25, 0.3) is 5.76 Å². The van der Waals surface area contributed by atoms with Crippen LogP contribution in [0.2, 0.25) is 5.02 Å². The molecule has 3 aromatic rings. The maximum absolute atomic E-state index is 13.4. The highest BCUT2D eigenvalue weighted by Gasteiger charge is 2.47. The van der Waals surface area contributed by atoms with E-state index in [1.165, 1.54) is 12.0 Å². The minimum Gasteiger partial charge on any atom is -0.507 e. The van der Waals surface area contributed by atoms with Crippen molar-refractivity contribution < 1.29 is 24.2 Å². The van der Waals surface area contributed by atoms with Gasteiger partial charge >= 0.3 is 0 Å². The highest BCUT2D eigenvalue weighted by atomic mass is 35.5. The zero-order valence-electron chi connectivity index (χ0n) is 21.5. The van der Waals surface area contributed by atoms with Crippen LogP contribution in [0.1, 0.15) is 56.3 Å². The summed E-state index contributed by atoms with van der Waals surface area (Å²) in [5, 5.41) is 11.7. The number of amides is 1. The minimum atomic E-state index is -0.848. The average Bonchev–Trinajstić information content (AvgIpc) is 3.14. The lowest BCUT2D eigenvalue weighted by molar-refractivity contribution is -0.132. The highest BCUT2D eigenvalue weighted by Crippen LogP contribution is 2.43. The first-order valence-corrected chi connectivity index (χ1v) is 12.5. The van der Waals surface area contributed by atoms with E-state index in [0.717, 1.165) is 5.56 Å². The average molecular weight is 520 g/mol. The Balaban J connectivity index is 1.89. The summed E-state index contributed by atoms with van der Waals surface area (Å²) in [5.41, 5.74) is 2.64. The molecule has 192 valence electrons. The quantitative estimate of drug-likeness (QED) is 0.209. The summed E-state index contributed by atoms with van der Waals surface area (Å²) >= 11 is 6.16. The maximum Gasteiger partial charge on any atom is 0.300 e. The van der Waals surface area contributed by atoms with Crippen LogP contribution < -0.4 is 14.4 Å². The molecule has 0 aromatic heterocycles. The largest absolute Gasteiger partial charge is 0.507 e. The summed E-state index contributed by atoms with van der Waals surface area (Å²) in [5.74, 6) is -0.467. The fourth-order valence-corrected chi connectivity index (χ4v) is 4.59. The highest BCUT2D eigenvalue weighted by molar-refractivity contribution is 6.51. The number of rotatable bonds is 7. The molecule has 0 spiro atoms. The van der Waals surface area contributed by atoms with Gasteiger partial charge in [0.2, 0.25) is 0 Å². The van der Waals surface area contributed by atoms with Gasteiger partial charge in [-0.25, -0.2) is 0 Å². The maximum atomic E-state index is 13.4. The molecule has 3 aromatic carbocycles. The fraction of sp³-hybridized carbons (Fsp3) is 0.267. The molecule has 1 atom stereocenters. The molecular formula is C30H30ClNO5. The van der Waals surface area contributed by atoms with Gasteiger partial charge in [0.1, 0.15) is 17.3 Å². The first kappa shape index (κ1) is 26.3. The molecule has 0 saturated carbocycles. The molecule has 37 heavy (non-hydrogen) atoms. The Kier molecular flexibility index (Phi) is 7.60. The summed E-state index contributed by atoms with van der Waals surface area (Å²) in [4.78, 5) is 28.2. The van der Waals surface area contributed by atoms with Crippen molar-refractivity contribution in [2.75, 3.05) is 12.0 Å². The normalized spacial score (nSPS) is 17.1. The standard InChI is InChI=1S/C30H30ClNO5/c1-17(2)19-6-11-22(12-7-19)32-27(20-8-13-23(14-9-20)37-18(3)4)26(29(34)30(32)35)28(33)21-10-15-24(31)25(16-21)36-5/h6-18,27,33H,1-5H3/b28-26-. The second kappa shape index (κ2) is 10.7. The lowest BCUT2D eigenvalue weighted by atomic mass is 9.94. The van der Waals surface area contributed by atoms with Crippen molar-refractivity contribution in [2.24, 2.45) is 0 Å². The van der Waals surface area contributed by atoms with Gasteiger partial charge in [0.05, 0.1) is 29.9 Å². The van der Waals surface area contributed by atoms with Crippen LogP contribution in [0.4, 0.5) is 5.69 Å². The molecule has 6 nitrogen and oxygen atoms in total. The molecule has 0 radical (unpaired) electrons. The lowest BCUT2D eigenvalue weighted by Gasteiger charge is -2.26. The van der Waals surface area contributed by atoms with Crippen molar-refractivity contribution in [1.29, 1.82) is 0 Å². The van der Waals surface area contributed by atoms with Gasteiger partial charge in [0, 0.05) is 11.3 Å². The van der Waals surface area contributed by atoms with E-state index in [1.807, 2.05) is 38.1 Å². The Morgan fingerprint density at radius 1 is 0.946 bits per heavy atom. The third kappa shape index (κ3) is 5.20. The number of hydrogen-bond donors (Lipinski definition) is 1. The van der Waals surface area contributed by atoms with Crippen LogP contribution in [0.3, 0.4) is 0 Å². The van der Waals surface area contributed by atoms with E-state index in [0.29, 0.717) is 39.3 Å². The molecular weight excluding hydrogens is 490 g/mol. The third-order valence-electron chi connectivity index (χ3n) is 6.27. The SMILES string of the molecule is COc1cc(/C(O)=C2/C(=O)C(=O)N(c3ccc(C(C)C)cc3)C2c2ccc(OC(C)C)cc2)ccc1Cl. The number of benzene rings is 3. The van der Waals surface area contributed by atoms with E-state index >= 15 is 0 Å². The van der Waals surface area contributed by atoms with Crippen molar-refractivity contribution >= 4 is 34.7 Å². The van der Waals surface area contributed by atoms with Crippen molar-refractivity contribution in [3.05, 3.63) is 94.0 Å². The van der Waals surface area contributed by atoms with Crippen LogP contribution >= 0.6 is 11.6 Å². The number of aliphatic hydroxyl groups excluding tert-OH is 1. The number of methoxy groups -OCH3 is 1. The zero-order valence-corrected chi connectivity index (χ0v) is 22.2. The molecule has 1 amide bonds. The van der Waals surface area contributed by atoms with E-state index < -0.39 is 17.7 Å². The third-order valence-corrected chi connectivity index (χ3v) is 6.59. The first-order valence-electron chi connectivity index (χ1n) is 12.1. The molecule has 1 heterocycles. The number of aliphatic hydroxyl groups is 1. The van der Waals surface area contributed by atoms with E-state index in [2.05, 4.69) is 13.8 Å². The van der Waals surface area contributed by atoms with Gasteiger partial charge in [-0.15, -0.1) is 0 Å². The van der Waals surface area contributed by atoms with Crippen LogP contribution in [0.15, 0.2) is 72.3 Å². The Labute approximate surface area is 222 Å². The predicted molar refractivity (Wildman–Crippen MR) is 146 cm³/mol. The molecule has 1 aliphatic heterocycles. The molecule has 1 unspecified atom stereocenters. The molecule has 0 aliphatic carbocycles. The molecule has 0 bridgehead atoms. The molecule has 7 heteroatoms. The van der Waals surface area contributed by atoms with Gasteiger partial charge < -0.3 is 14.6 Å². The molecule has 1 fully saturated rings. The number of halogens is 1. The van der Waals surface area contributed by atoms with Gasteiger partial charge in [0.15, 0.2) is 0 Å². The lowest BCUT2D eigenvalue weighted by Crippen LogP contribution is -2.29. The molecule has 1 aliphatic rings. The van der Waals surface area contributed by atoms with Gasteiger partial charge in [-0.3, -0.25) is 14.5 Å². The predicted octanol–water partition coefficient (Wildman–Crippen LogP) is 6.89. The van der Waals surface area contributed by atoms with Gasteiger partial charge in [-0.05, 0) is 73.4 Å². The number of Topliss-reactive ketones (excluding diaryl/α,β-unsaturated/α-hetero) is 1. The minimum absolute atomic E-state index is 0.00385. The molecule has 1 N–H and O–H groups in total. The van der Waals surface area contributed by atoms with Crippen molar-refractivity contribution in [1.82, 2.24) is 0 Å². The summed E-state index contributed by atoms with van der Waals surface area (Å²) in [6.07, 6.45) is -0.00385. The second-order valence-corrected chi connectivity index (χ2v) is 9.91. The second-order valence-electron chi connectivity index (χ2n) is 9.50. The summed E-state index contributed by atoms with van der Waals surface area (Å²) in [7, 11) is 1.46. The van der Waals surface area contributed by atoms with Crippen molar-refractivity contribution in [3.63, 3.8) is 0 Å². The summed E-state index contributed by atoms with van der Waals surface area (Å²) in [6.45, 7) is 8.04. The van der Waals surface area contributed by atoms with Gasteiger partial charge in [-0.1, -0.05) is 49.7 Å². The van der Waals surface area contributed by atoms with Crippen LogP contribution in [0, 0.1) is 0 Å². The van der Waals surface area contributed by atoms with Crippen LogP contribution in [-0.2, 0) is 9.59 Å². The Hall–Kier alpha value is -3.77. The Bertz CT molecular complexity index is 1340. The number of carbonyl (C=O) groups is 2. The van der Waals surface area contributed by atoms with Crippen molar-refractivity contribution in [3.8, 4) is 11.5 Å². The Morgan fingerprint density at radius 3 is 2.16 bits per heavy atom. The fourth-order valence-electron chi connectivity index (χ4n) is 4.40. The number of hydrogen-bond acceptors (Lipinski definition) is 5. The van der Waals surface area contributed by atoms with Gasteiger partial charge in [-0.2, -0.15) is 0 Å². The number of nitrogens with zero attached hydrogens (tertiary/aromatic N) is 1. The topological polar surface area (TPSA) is 76.1 Å². The van der Waals surface area contributed by atoms with Crippen molar-refractivity contribution in [2.45, 2.75) is 45.8 Å². The Morgan fingerprint density at radius 2 is 1.59 bits per heavy atom. The zero-order chi connectivity index (χ0) is 26.9. The van der Waals surface area contributed by atoms with E-state index in [9.17, 15) is 14.7 Å². The van der Waals surface area contributed by atoms with Gasteiger partial charge in [0.25, 0.3) is 11.7 Å². The molecule has 1 saturated heterocycles. The number of carbonyl (C=O) groups excluding carboxylic acids is 2. The van der Waals surface area contributed by atoms with E-state index in [1.54, 1.807) is 42.5 Å². The number of ketones is 1. The number of ether oxygens (including phenoxy) is 2. The first-order chi connectivity index (χ1) is 17.6. The smallest absolute Gasteiger partial charge is 0.300 e. The summed E-state index contributed by atoms with van der Waals surface area (Å²) in [6, 6.07) is 18.6. The molecule has 4 rings (SSSR count). The van der Waals surface area contributed by atoms with Crippen LogP contribution in [-0.4, -0.2) is 30.0 Å². The summed E-state index contributed by atoms with van der Waals surface area (Å²) < 4.78 is 11.0. The number of anilines is 1.